The first kappa shape index (κ1) is 23.1. The van der Waals surface area contributed by atoms with E-state index in [1.54, 1.807) is 38.4 Å². The molecule has 37 heavy (non-hydrogen) atoms. The smallest absolute Gasteiger partial charge is 0.313 e. The van der Waals surface area contributed by atoms with Crippen LogP contribution < -0.4 is 16.1 Å². The van der Waals surface area contributed by atoms with E-state index in [2.05, 4.69) is 25.0 Å². The van der Waals surface area contributed by atoms with Gasteiger partial charge in [-0.15, -0.1) is 0 Å². The number of amides is 1. The van der Waals surface area contributed by atoms with Gasteiger partial charge in [0.25, 0.3) is 5.56 Å². The molecule has 13 heteroatoms. The van der Waals surface area contributed by atoms with Crippen molar-refractivity contribution < 1.29 is 18.0 Å². The summed E-state index contributed by atoms with van der Waals surface area (Å²) in [6.07, 6.45) is 2.10. The molecule has 0 bridgehead atoms. The minimum Gasteiger partial charge on any atom is -0.313 e. The Morgan fingerprint density at radius 2 is 1.92 bits per heavy atom. The molecule has 2 atom stereocenters. The first-order chi connectivity index (χ1) is 17.4. The molecule has 190 valence electrons. The number of carbonyl (C=O) groups is 1. The fraction of sp³-hybridized carbons (Fsp3) is 0.333. The number of fused-ring (bicyclic) bond motifs is 2. The number of carbonyl (C=O) groups excluding carboxylic acids is 1. The van der Waals surface area contributed by atoms with E-state index in [0.717, 1.165) is 10.5 Å². The van der Waals surface area contributed by atoms with Gasteiger partial charge in [0, 0.05) is 47.5 Å². The molecular formula is C24H20F3N7O3. The zero-order valence-electron chi connectivity index (χ0n) is 19.6. The molecular weight excluding hydrogens is 491 g/mol. The van der Waals surface area contributed by atoms with Crippen LogP contribution in [-0.2, 0) is 10.2 Å². The average Bonchev–Trinajstić information content (AvgIpc) is 3.44. The van der Waals surface area contributed by atoms with E-state index < -0.39 is 35.3 Å². The Morgan fingerprint density at radius 3 is 2.65 bits per heavy atom. The van der Waals surface area contributed by atoms with Crippen LogP contribution >= 0.6 is 0 Å². The lowest BCUT2D eigenvalue weighted by Gasteiger charge is -2.21. The number of aromatic amines is 2. The van der Waals surface area contributed by atoms with Crippen LogP contribution in [0.15, 0.2) is 46.5 Å². The van der Waals surface area contributed by atoms with Crippen LogP contribution in [-0.4, -0.2) is 48.2 Å². The fourth-order valence-electron chi connectivity index (χ4n) is 5.08. The Bertz CT molecular complexity index is 1700. The maximum atomic E-state index is 13.3. The number of hydrogen-bond acceptors (Lipinski definition) is 6. The van der Waals surface area contributed by atoms with Crippen LogP contribution in [0, 0.1) is 0 Å². The summed E-state index contributed by atoms with van der Waals surface area (Å²) in [6, 6.07) is 3.31. The Hall–Kier alpha value is -4.29. The van der Waals surface area contributed by atoms with E-state index in [4.69, 9.17) is 0 Å². The highest BCUT2D eigenvalue weighted by atomic mass is 19.4. The van der Waals surface area contributed by atoms with Crippen LogP contribution in [0.25, 0.3) is 16.9 Å². The molecule has 0 radical (unpaired) electrons. The molecule has 2 aliphatic rings. The van der Waals surface area contributed by atoms with E-state index in [9.17, 15) is 27.6 Å². The molecule has 4 aromatic heterocycles. The van der Waals surface area contributed by atoms with Crippen LogP contribution in [0.3, 0.4) is 0 Å². The topological polar surface area (TPSA) is 129 Å². The van der Waals surface area contributed by atoms with E-state index >= 15 is 0 Å². The summed E-state index contributed by atoms with van der Waals surface area (Å²) in [4.78, 5) is 50.9. The second kappa shape index (κ2) is 7.60. The van der Waals surface area contributed by atoms with Gasteiger partial charge in [-0.25, -0.2) is 14.3 Å². The summed E-state index contributed by atoms with van der Waals surface area (Å²) in [5, 5.41) is 4.43. The van der Waals surface area contributed by atoms with Gasteiger partial charge in [0.1, 0.15) is 6.54 Å². The van der Waals surface area contributed by atoms with Crippen molar-refractivity contribution in [2.24, 2.45) is 0 Å². The number of nitrogens with zero attached hydrogens (tertiary/aromatic N) is 5. The number of aromatic nitrogens is 6. The van der Waals surface area contributed by atoms with Gasteiger partial charge in [0.2, 0.25) is 5.91 Å². The summed E-state index contributed by atoms with van der Waals surface area (Å²) in [5.41, 5.74) is 0.792. The predicted octanol–water partition coefficient (Wildman–Crippen LogP) is 2.63. The molecule has 1 saturated carbocycles. The number of H-pyrrole nitrogens is 2. The average molecular weight is 511 g/mol. The van der Waals surface area contributed by atoms with Crippen molar-refractivity contribution in [2.75, 3.05) is 11.4 Å². The van der Waals surface area contributed by atoms with Crippen LogP contribution in [0.2, 0.25) is 0 Å². The molecule has 1 fully saturated rings. The summed E-state index contributed by atoms with van der Waals surface area (Å²) in [6.45, 7) is 1.83. The first-order valence-electron chi connectivity index (χ1n) is 11.5. The minimum atomic E-state index is -4.54. The van der Waals surface area contributed by atoms with Gasteiger partial charge < -0.3 is 9.88 Å². The Kier molecular flexibility index (Phi) is 4.75. The second-order valence-electron chi connectivity index (χ2n) is 9.87. The van der Waals surface area contributed by atoms with Gasteiger partial charge >= 0.3 is 11.9 Å². The molecule has 6 rings (SSSR count). The van der Waals surface area contributed by atoms with Crippen LogP contribution in [0.1, 0.15) is 48.9 Å². The summed E-state index contributed by atoms with van der Waals surface area (Å²) in [5.74, 6) is -0.822. The normalized spacial score (nSPS) is 20.5. The molecule has 1 amide bonds. The van der Waals surface area contributed by atoms with E-state index in [1.807, 2.05) is 0 Å². The molecule has 2 unspecified atom stereocenters. The third-order valence-electron chi connectivity index (χ3n) is 7.04. The third kappa shape index (κ3) is 3.72. The van der Waals surface area contributed by atoms with Gasteiger partial charge in [-0.3, -0.25) is 19.6 Å². The summed E-state index contributed by atoms with van der Waals surface area (Å²) in [7, 11) is 0. The van der Waals surface area contributed by atoms with Crippen molar-refractivity contribution in [3.63, 3.8) is 0 Å². The third-order valence-corrected chi connectivity index (χ3v) is 7.04. The molecule has 0 saturated heterocycles. The van der Waals surface area contributed by atoms with Crippen molar-refractivity contribution in [1.82, 2.24) is 29.5 Å². The van der Waals surface area contributed by atoms with Crippen LogP contribution in [0.5, 0.6) is 0 Å². The Balaban J connectivity index is 1.39. The number of alkyl halides is 3. The highest BCUT2D eigenvalue weighted by Crippen LogP contribution is 2.56. The fourth-order valence-corrected chi connectivity index (χ4v) is 5.08. The minimum absolute atomic E-state index is 0.0831. The number of pyridine rings is 1. The van der Waals surface area contributed by atoms with Crippen molar-refractivity contribution >= 4 is 17.2 Å². The Labute approximate surface area is 206 Å². The van der Waals surface area contributed by atoms with E-state index in [-0.39, 0.29) is 23.1 Å². The maximum Gasteiger partial charge on any atom is 0.406 e. The van der Waals surface area contributed by atoms with E-state index in [1.165, 1.54) is 16.9 Å². The number of anilines is 1. The summed E-state index contributed by atoms with van der Waals surface area (Å²) >= 11 is 0. The van der Waals surface area contributed by atoms with Crippen LogP contribution in [0.4, 0.5) is 18.9 Å². The number of halogens is 3. The number of imidazole rings is 1. The zero-order chi connectivity index (χ0) is 26.3. The van der Waals surface area contributed by atoms with Crippen molar-refractivity contribution in [1.29, 1.82) is 0 Å². The largest absolute Gasteiger partial charge is 0.406 e. The zero-order valence-corrected chi connectivity index (χ0v) is 19.6. The van der Waals surface area contributed by atoms with E-state index in [0.29, 0.717) is 29.0 Å². The highest BCUT2D eigenvalue weighted by molar-refractivity contribution is 6.07. The predicted molar refractivity (Wildman–Crippen MR) is 125 cm³/mol. The standard InChI is InChI=1S/C24H20F3N7O3/c1-23(2)15-9-29-16(7-18(15)33(21(23)36)10-24(25,26)27)12-5-11(12)13-6-17(32-34-4-3-28-19(13)34)14-8-30-22(37)31-20(14)35/h3-4,6-9,11-12H,5,10H2,1-2H3,(H2,30,31,35,37). The number of rotatable bonds is 4. The summed E-state index contributed by atoms with van der Waals surface area (Å²) < 4.78 is 41.3. The molecule has 0 spiro atoms. The number of nitrogens with one attached hydrogen (secondary N) is 2. The monoisotopic (exact) mass is 511 g/mol. The lowest BCUT2D eigenvalue weighted by molar-refractivity contribution is -0.134. The van der Waals surface area contributed by atoms with Gasteiger partial charge in [0.05, 0.1) is 22.4 Å². The lowest BCUT2D eigenvalue weighted by Crippen LogP contribution is -2.41. The molecule has 0 aromatic carbocycles. The first-order valence-corrected chi connectivity index (χ1v) is 11.5. The molecule has 1 aliphatic carbocycles. The SMILES string of the molecule is CC1(C)C(=O)N(CC(F)(F)F)c2cc(C3CC3c3cc(-c4c[nH]c(=O)[nH]c4=O)nn4ccnc34)ncc21. The van der Waals surface area contributed by atoms with Gasteiger partial charge in [-0.05, 0) is 38.3 Å². The Morgan fingerprint density at radius 1 is 1.14 bits per heavy atom. The maximum absolute atomic E-state index is 13.3. The van der Waals surface area contributed by atoms with Crippen molar-refractivity contribution in [3.05, 3.63) is 74.6 Å². The van der Waals surface area contributed by atoms with Gasteiger partial charge in [-0.1, -0.05) is 0 Å². The number of hydrogen-bond donors (Lipinski definition) is 2. The second-order valence-corrected chi connectivity index (χ2v) is 9.87. The van der Waals surface area contributed by atoms with Crippen molar-refractivity contribution in [3.8, 4) is 11.3 Å². The van der Waals surface area contributed by atoms with Gasteiger partial charge in [0.15, 0.2) is 5.65 Å². The van der Waals surface area contributed by atoms with Crippen molar-refractivity contribution in [2.45, 2.75) is 43.7 Å². The molecule has 2 N–H and O–H groups in total. The molecule has 4 aromatic rings. The molecule has 5 heterocycles. The lowest BCUT2D eigenvalue weighted by atomic mass is 9.87. The molecule has 10 nitrogen and oxygen atoms in total. The molecule has 1 aliphatic heterocycles. The highest BCUT2D eigenvalue weighted by Gasteiger charge is 2.49. The van der Waals surface area contributed by atoms with Gasteiger partial charge in [-0.2, -0.15) is 18.3 Å². The quantitative estimate of drug-likeness (QED) is 0.434.